The number of hydrogen-bond acceptors (Lipinski definition) is 2. The van der Waals surface area contributed by atoms with Crippen molar-refractivity contribution in [2.45, 2.75) is 19.4 Å². The van der Waals surface area contributed by atoms with Crippen molar-refractivity contribution in [3.05, 3.63) is 34.3 Å². The van der Waals surface area contributed by atoms with Gasteiger partial charge in [0.15, 0.2) is 0 Å². The highest BCUT2D eigenvalue weighted by Gasteiger charge is 2.19. The topological polar surface area (TPSA) is 23.6 Å². The lowest BCUT2D eigenvalue weighted by atomic mass is 10.2. The Morgan fingerprint density at radius 1 is 1.33 bits per heavy atom. The van der Waals surface area contributed by atoms with E-state index < -0.39 is 0 Å². The highest BCUT2D eigenvalue weighted by atomic mass is 79.9. The largest absolute Gasteiger partial charge is 0.342 e. The number of likely N-dealkylation sites (tertiary alicyclic amines) is 1. The summed E-state index contributed by atoms with van der Waals surface area (Å²) in [4.78, 5) is 16.0. The molecule has 0 saturated carbocycles. The molecule has 0 unspecified atom stereocenters. The van der Waals surface area contributed by atoms with Crippen molar-refractivity contribution >= 4 is 21.8 Å². The average molecular weight is 311 g/mol. The fraction of sp³-hybridized carbons (Fsp3) is 0.500. The Bertz CT molecular complexity index is 416. The molecule has 0 aromatic heterocycles. The summed E-state index contributed by atoms with van der Waals surface area (Å²) in [6.07, 6.45) is 2.30. The zero-order valence-electron chi connectivity index (χ0n) is 10.7. The van der Waals surface area contributed by atoms with Gasteiger partial charge in [0.05, 0.1) is 6.54 Å². The molecule has 1 aromatic rings. The van der Waals surface area contributed by atoms with Crippen LogP contribution in [0.15, 0.2) is 28.7 Å². The zero-order chi connectivity index (χ0) is 13.0. The normalized spacial score (nSPS) is 15.4. The molecule has 1 aliphatic rings. The molecule has 1 saturated heterocycles. The maximum absolute atomic E-state index is 12.0. The molecule has 0 radical (unpaired) electrons. The molecule has 1 amide bonds. The van der Waals surface area contributed by atoms with Gasteiger partial charge < -0.3 is 4.90 Å². The number of carbonyl (C=O) groups excluding carboxylic acids is 1. The summed E-state index contributed by atoms with van der Waals surface area (Å²) in [6.45, 7) is 3.16. The van der Waals surface area contributed by atoms with Crippen molar-refractivity contribution < 1.29 is 4.79 Å². The first-order valence-electron chi connectivity index (χ1n) is 6.36. The Balaban J connectivity index is 1.86. The minimum Gasteiger partial charge on any atom is -0.342 e. The smallest absolute Gasteiger partial charge is 0.236 e. The molecule has 1 heterocycles. The number of nitrogens with zero attached hydrogens (tertiary/aromatic N) is 2. The molecule has 98 valence electrons. The second kappa shape index (κ2) is 6.34. The number of carbonyl (C=O) groups is 1. The summed E-state index contributed by atoms with van der Waals surface area (Å²) in [5.74, 6) is 0.252. The van der Waals surface area contributed by atoms with Crippen LogP contribution in [0.2, 0.25) is 0 Å². The van der Waals surface area contributed by atoms with Gasteiger partial charge in [-0.05, 0) is 31.5 Å². The van der Waals surface area contributed by atoms with Crippen LogP contribution in [0, 0.1) is 0 Å². The predicted molar refractivity (Wildman–Crippen MR) is 76.3 cm³/mol. The molecule has 1 aliphatic heterocycles. The number of hydrogen-bond donors (Lipinski definition) is 0. The lowest BCUT2D eigenvalue weighted by Crippen LogP contribution is -2.37. The molecule has 3 nitrogen and oxygen atoms in total. The van der Waals surface area contributed by atoms with E-state index in [4.69, 9.17) is 0 Å². The van der Waals surface area contributed by atoms with Gasteiger partial charge in [0.1, 0.15) is 0 Å². The van der Waals surface area contributed by atoms with E-state index in [0.29, 0.717) is 6.54 Å². The second-order valence-corrected chi connectivity index (χ2v) is 5.71. The highest BCUT2D eigenvalue weighted by molar-refractivity contribution is 9.10. The SMILES string of the molecule is CN(CC(=O)N1CCCC1)Cc1ccccc1Br. The van der Waals surface area contributed by atoms with Crippen molar-refractivity contribution in [1.82, 2.24) is 9.80 Å². The molecule has 0 atom stereocenters. The van der Waals surface area contributed by atoms with Gasteiger partial charge in [0.25, 0.3) is 0 Å². The predicted octanol–water partition coefficient (Wildman–Crippen LogP) is 2.50. The Morgan fingerprint density at radius 3 is 2.67 bits per heavy atom. The molecule has 1 fully saturated rings. The minimum atomic E-state index is 0.252. The van der Waals surface area contributed by atoms with Gasteiger partial charge in [-0.25, -0.2) is 0 Å². The van der Waals surface area contributed by atoms with Crippen molar-refractivity contribution in [1.29, 1.82) is 0 Å². The first kappa shape index (κ1) is 13.6. The van der Waals surface area contributed by atoms with Crippen molar-refractivity contribution in [3.8, 4) is 0 Å². The van der Waals surface area contributed by atoms with E-state index in [-0.39, 0.29) is 5.91 Å². The van der Waals surface area contributed by atoms with Gasteiger partial charge in [-0.3, -0.25) is 9.69 Å². The van der Waals surface area contributed by atoms with E-state index in [9.17, 15) is 4.79 Å². The average Bonchev–Trinajstić information content (AvgIpc) is 2.85. The van der Waals surface area contributed by atoms with Crippen LogP contribution in [0.25, 0.3) is 0 Å². The summed E-state index contributed by atoms with van der Waals surface area (Å²) in [5, 5.41) is 0. The van der Waals surface area contributed by atoms with Crippen LogP contribution < -0.4 is 0 Å². The Hall–Kier alpha value is -0.870. The third-order valence-corrected chi connectivity index (χ3v) is 4.04. The Kier molecular flexibility index (Phi) is 4.78. The Labute approximate surface area is 117 Å². The molecule has 1 aromatic carbocycles. The second-order valence-electron chi connectivity index (χ2n) is 4.85. The van der Waals surface area contributed by atoms with Crippen LogP contribution in [0.5, 0.6) is 0 Å². The fourth-order valence-corrected chi connectivity index (χ4v) is 2.68. The van der Waals surface area contributed by atoms with Gasteiger partial charge >= 0.3 is 0 Å². The van der Waals surface area contributed by atoms with Crippen LogP contribution in [0.4, 0.5) is 0 Å². The molecular weight excluding hydrogens is 292 g/mol. The summed E-state index contributed by atoms with van der Waals surface area (Å²) in [5.41, 5.74) is 1.22. The monoisotopic (exact) mass is 310 g/mol. The molecule has 0 spiro atoms. The first-order valence-corrected chi connectivity index (χ1v) is 7.16. The maximum atomic E-state index is 12.0. The maximum Gasteiger partial charge on any atom is 0.236 e. The summed E-state index contributed by atoms with van der Waals surface area (Å²) in [6, 6.07) is 8.14. The summed E-state index contributed by atoms with van der Waals surface area (Å²) in [7, 11) is 1.99. The molecule has 0 bridgehead atoms. The van der Waals surface area contributed by atoms with Gasteiger partial charge in [0.2, 0.25) is 5.91 Å². The van der Waals surface area contributed by atoms with E-state index in [0.717, 1.165) is 36.9 Å². The molecular formula is C14H19BrN2O. The van der Waals surface area contributed by atoms with Crippen LogP contribution >= 0.6 is 15.9 Å². The summed E-state index contributed by atoms with van der Waals surface area (Å²) < 4.78 is 1.10. The first-order chi connectivity index (χ1) is 8.66. The number of likely N-dealkylation sites (N-methyl/N-ethyl adjacent to an activating group) is 1. The van der Waals surface area contributed by atoms with Crippen LogP contribution in [-0.4, -0.2) is 42.4 Å². The highest BCUT2D eigenvalue weighted by Crippen LogP contribution is 2.17. The van der Waals surface area contributed by atoms with Crippen molar-refractivity contribution in [2.24, 2.45) is 0 Å². The van der Waals surface area contributed by atoms with E-state index in [1.165, 1.54) is 5.56 Å². The Morgan fingerprint density at radius 2 is 2.00 bits per heavy atom. The van der Waals surface area contributed by atoms with Crippen molar-refractivity contribution in [2.75, 3.05) is 26.7 Å². The number of halogens is 1. The van der Waals surface area contributed by atoms with E-state index in [2.05, 4.69) is 26.9 Å². The molecule has 0 aliphatic carbocycles. The summed E-state index contributed by atoms with van der Waals surface area (Å²) >= 11 is 3.54. The zero-order valence-corrected chi connectivity index (χ0v) is 12.3. The third kappa shape index (κ3) is 3.56. The minimum absolute atomic E-state index is 0.252. The van der Waals surface area contributed by atoms with E-state index in [1.807, 2.05) is 30.1 Å². The quantitative estimate of drug-likeness (QED) is 0.853. The van der Waals surface area contributed by atoms with Gasteiger partial charge in [-0.2, -0.15) is 0 Å². The van der Waals surface area contributed by atoms with Gasteiger partial charge in [-0.15, -0.1) is 0 Å². The third-order valence-electron chi connectivity index (χ3n) is 3.26. The number of amides is 1. The standard InChI is InChI=1S/C14H19BrN2O/c1-16(10-12-6-2-3-7-13(12)15)11-14(18)17-8-4-5-9-17/h2-3,6-7H,4-5,8-11H2,1H3. The fourth-order valence-electron chi connectivity index (χ4n) is 2.27. The molecule has 2 rings (SSSR count). The lowest BCUT2D eigenvalue weighted by Gasteiger charge is -2.21. The van der Waals surface area contributed by atoms with Crippen LogP contribution in [0.1, 0.15) is 18.4 Å². The number of benzene rings is 1. The van der Waals surface area contributed by atoms with Crippen LogP contribution in [0.3, 0.4) is 0 Å². The van der Waals surface area contributed by atoms with Gasteiger partial charge in [-0.1, -0.05) is 34.1 Å². The van der Waals surface area contributed by atoms with Crippen molar-refractivity contribution in [3.63, 3.8) is 0 Å². The van der Waals surface area contributed by atoms with Gasteiger partial charge in [0, 0.05) is 24.1 Å². The molecule has 4 heteroatoms. The van der Waals surface area contributed by atoms with E-state index in [1.54, 1.807) is 0 Å². The van der Waals surface area contributed by atoms with E-state index >= 15 is 0 Å². The molecule has 18 heavy (non-hydrogen) atoms. The number of rotatable bonds is 4. The lowest BCUT2D eigenvalue weighted by molar-refractivity contribution is -0.131. The molecule has 0 N–H and O–H groups in total. The van der Waals surface area contributed by atoms with Crippen LogP contribution in [-0.2, 0) is 11.3 Å².